The summed E-state index contributed by atoms with van der Waals surface area (Å²) in [4.78, 5) is 9.10. The fourth-order valence-corrected chi connectivity index (χ4v) is 3.07. The van der Waals surface area contributed by atoms with Crippen molar-refractivity contribution in [2.75, 3.05) is 0 Å². The normalized spacial score (nSPS) is 16.0. The Morgan fingerprint density at radius 2 is 1.90 bits per heavy atom. The van der Waals surface area contributed by atoms with Crippen molar-refractivity contribution in [2.24, 2.45) is 0 Å². The lowest BCUT2D eigenvalue weighted by atomic mass is 10.1. The van der Waals surface area contributed by atoms with Gasteiger partial charge in [-0.25, -0.2) is 4.98 Å². The van der Waals surface area contributed by atoms with Crippen LogP contribution >= 0.6 is 0 Å². The van der Waals surface area contributed by atoms with E-state index in [0.29, 0.717) is 5.92 Å². The molecule has 1 aromatic carbocycles. The van der Waals surface area contributed by atoms with Gasteiger partial charge in [0.2, 0.25) is 0 Å². The SMILES string of the molecule is c1ccc2c(-c3n[nH]c(C4CCCC4)n3)ccnc2c1. The van der Waals surface area contributed by atoms with E-state index in [-0.39, 0.29) is 0 Å². The minimum atomic E-state index is 0.560. The molecule has 20 heavy (non-hydrogen) atoms. The summed E-state index contributed by atoms with van der Waals surface area (Å²) in [5.74, 6) is 2.38. The van der Waals surface area contributed by atoms with Crippen LogP contribution in [0.4, 0.5) is 0 Å². The molecule has 0 unspecified atom stereocenters. The number of hydrogen-bond donors (Lipinski definition) is 1. The molecule has 0 radical (unpaired) electrons. The number of pyridine rings is 1. The van der Waals surface area contributed by atoms with Crippen molar-refractivity contribution in [3.63, 3.8) is 0 Å². The molecule has 4 nitrogen and oxygen atoms in total. The molecular formula is C16H16N4. The van der Waals surface area contributed by atoms with E-state index in [2.05, 4.69) is 21.2 Å². The van der Waals surface area contributed by atoms with E-state index in [1.54, 1.807) is 0 Å². The van der Waals surface area contributed by atoms with Gasteiger partial charge in [-0.2, -0.15) is 5.10 Å². The summed E-state index contributed by atoms with van der Waals surface area (Å²) >= 11 is 0. The fraction of sp³-hybridized carbons (Fsp3) is 0.312. The molecule has 0 bridgehead atoms. The first-order chi connectivity index (χ1) is 9.92. The number of aromatic nitrogens is 4. The smallest absolute Gasteiger partial charge is 0.181 e. The van der Waals surface area contributed by atoms with Crippen LogP contribution < -0.4 is 0 Å². The summed E-state index contributed by atoms with van der Waals surface area (Å²) in [7, 11) is 0. The topological polar surface area (TPSA) is 54.5 Å². The molecule has 0 saturated heterocycles. The van der Waals surface area contributed by atoms with Gasteiger partial charge in [0, 0.05) is 23.1 Å². The first-order valence-corrected chi connectivity index (χ1v) is 7.18. The second kappa shape index (κ2) is 4.71. The molecule has 1 aliphatic carbocycles. The number of nitrogens with zero attached hydrogens (tertiary/aromatic N) is 3. The Morgan fingerprint density at radius 3 is 2.80 bits per heavy atom. The molecule has 1 N–H and O–H groups in total. The highest BCUT2D eigenvalue weighted by molar-refractivity contribution is 5.92. The third-order valence-corrected chi connectivity index (χ3v) is 4.13. The fourth-order valence-electron chi connectivity index (χ4n) is 3.07. The zero-order chi connectivity index (χ0) is 13.4. The van der Waals surface area contributed by atoms with E-state index in [9.17, 15) is 0 Å². The molecule has 4 heteroatoms. The highest BCUT2D eigenvalue weighted by atomic mass is 15.2. The van der Waals surface area contributed by atoms with Gasteiger partial charge < -0.3 is 0 Å². The summed E-state index contributed by atoms with van der Waals surface area (Å²) in [5.41, 5.74) is 2.04. The minimum Gasteiger partial charge on any atom is -0.262 e. The molecule has 2 aromatic heterocycles. The first kappa shape index (κ1) is 11.6. The number of hydrogen-bond acceptors (Lipinski definition) is 3. The van der Waals surface area contributed by atoms with Gasteiger partial charge in [0.05, 0.1) is 5.52 Å². The van der Waals surface area contributed by atoms with Crippen molar-refractivity contribution < 1.29 is 0 Å². The second-order valence-electron chi connectivity index (χ2n) is 5.40. The lowest BCUT2D eigenvalue weighted by Gasteiger charge is -2.03. The van der Waals surface area contributed by atoms with Crippen molar-refractivity contribution in [3.05, 3.63) is 42.4 Å². The monoisotopic (exact) mass is 264 g/mol. The molecule has 2 heterocycles. The van der Waals surface area contributed by atoms with Gasteiger partial charge in [-0.15, -0.1) is 0 Å². The Balaban J connectivity index is 1.79. The highest BCUT2D eigenvalue weighted by Crippen LogP contribution is 2.33. The van der Waals surface area contributed by atoms with E-state index in [1.165, 1.54) is 25.7 Å². The number of fused-ring (bicyclic) bond motifs is 1. The molecule has 3 aromatic rings. The number of aromatic amines is 1. The number of para-hydroxylation sites is 1. The molecule has 1 saturated carbocycles. The Bertz CT molecular complexity index is 736. The van der Waals surface area contributed by atoms with Crippen LogP contribution in [0, 0.1) is 0 Å². The number of H-pyrrole nitrogens is 1. The summed E-state index contributed by atoms with van der Waals surface area (Å²) < 4.78 is 0. The number of nitrogens with one attached hydrogen (secondary N) is 1. The average molecular weight is 264 g/mol. The quantitative estimate of drug-likeness (QED) is 0.768. The van der Waals surface area contributed by atoms with Crippen LogP contribution in [0.2, 0.25) is 0 Å². The summed E-state index contributed by atoms with van der Waals surface area (Å²) in [6, 6.07) is 10.1. The number of benzene rings is 1. The van der Waals surface area contributed by atoms with Crippen LogP contribution in [-0.2, 0) is 0 Å². The van der Waals surface area contributed by atoms with Crippen molar-refractivity contribution in [2.45, 2.75) is 31.6 Å². The standard InChI is InChI=1S/C16H16N4/c1-2-6-11(5-1)15-18-16(20-19-15)13-9-10-17-14-8-4-3-7-12(13)14/h3-4,7-11H,1-2,5-6H2,(H,18,19,20). The van der Waals surface area contributed by atoms with Crippen molar-refractivity contribution >= 4 is 10.9 Å². The predicted octanol–water partition coefficient (Wildman–Crippen LogP) is 3.68. The van der Waals surface area contributed by atoms with Crippen LogP contribution in [0.5, 0.6) is 0 Å². The average Bonchev–Trinajstić information content (AvgIpc) is 3.17. The van der Waals surface area contributed by atoms with E-state index in [0.717, 1.165) is 28.1 Å². The molecule has 1 aliphatic rings. The first-order valence-electron chi connectivity index (χ1n) is 7.18. The lowest BCUT2D eigenvalue weighted by molar-refractivity contribution is 0.672. The van der Waals surface area contributed by atoms with Crippen molar-refractivity contribution in [3.8, 4) is 11.4 Å². The Morgan fingerprint density at radius 1 is 1.05 bits per heavy atom. The van der Waals surface area contributed by atoms with Crippen molar-refractivity contribution in [1.82, 2.24) is 20.2 Å². The van der Waals surface area contributed by atoms with Gasteiger partial charge in [-0.05, 0) is 25.0 Å². The van der Waals surface area contributed by atoms with Crippen LogP contribution in [0.1, 0.15) is 37.4 Å². The van der Waals surface area contributed by atoms with Gasteiger partial charge in [-0.3, -0.25) is 10.1 Å². The van der Waals surface area contributed by atoms with Gasteiger partial charge in [0.1, 0.15) is 5.82 Å². The van der Waals surface area contributed by atoms with E-state index in [1.807, 2.05) is 30.5 Å². The summed E-state index contributed by atoms with van der Waals surface area (Å²) in [6.45, 7) is 0. The van der Waals surface area contributed by atoms with Crippen LogP contribution in [0.15, 0.2) is 36.5 Å². The molecular weight excluding hydrogens is 248 g/mol. The van der Waals surface area contributed by atoms with Crippen LogP contribution in [-0.4, -0.2) is 20.2 Å². The lowest BCUT2D eigenvalue weighted by Crippen LogP contribution is -1.94. The zero-order valence-electron chi connectivity index (χ0n) is 11.2. The summed E-state index contributed by atoms with van der Waals surface area (Å²) in [5, 5.41) is 8.65. The maximum atomic E-state index is 4.72. The Hall–Kier alpha value is -2.23. The molecule has 0 atom stereocenters. The van der Waals surface area contributed by atoms with E-state index in [4.69, 9.17) is 4.98 Å². The van der Waals surface area contributed by atoms with Gasteiger partial charge in [0.15, 0.2) is 5.82 Å². The predicted molar refractivity (Wildman–Crippen MR) is 78.3 cm³/mol. The second-order valence-corrected chi connectivity index (χ2v) is 5.40. The maximum absolute atomic E-state index is 4.72. The van der Waals surface area contributed by atoms with Crippen LogP contribution in [0.25, 0.3) is 22.3 Å². The maximum Gasteiger partial charge on any atom is 0.181 e. The van der Waals surface area contributed by atoms with Crippen molar-refractivity contribution in [1.29, 1.82) is 0 Å². The Labute approximate surface area is 117 Å². The molecule has 1 fully saturated rings. The number of rotatable bonds is 2. The molecule has 0 spiro atoms. The van der Waals surface area contributed by atoms with E-state index < -0.39 is 0 Å². The van der Waals surface area contributed by atoms with Gasteiger partial charge >= 0.3 is 0 Å². The highest BCUT2D eigenvalue weighted by Gasteiger charge is 2.21. The minimum absolute atomic E-state index is 0.560. The van der Waals surface area contributed by atoms with Gasteiger partial charge in [-0.1, -0.05) is 31.0 Å². The van der Waals surface area contributed by atoms with Gasteiger partial charge in [0.25, 0.3) is 0 Å². The zero-order valence-corrected chi connectivity index (χ0v) is 11.2. The molecule has 0 aliphatic heterocycles. The van der Waals surface area contributed by atoms with Crippen LogP contribution in [0.3, 0.4) is 0 Å². The Kier molecular flexibility index (Phi) is 2.73. The van der Waals surface area contributed by atoms with E-state index >= 15 is 0 Å². The molecule has 0 amide bonds. The molecule has 4 rings (SSSR count). The molecule has 100 valence electrons. The largest absolute Gasteiger partial charge is 0.262 e. The third-order valence-electron chi connectivity index (χ3n) is 4.13. The summed E-state index contributed by atoms with van der Waals surface area (Å²) in [6.07, 6.45) is 6.89. The third kappa shape index (κ3) is 1.88.